The van der Waals surface area contributed by atoms with Gasteiger partial charge in [0.05, 0.1) is 11.9 Å². The van der Waals surface area contributed by atoms with Crippen LogP contribution in [0.25, 0.3) is 5.69 Å². The summed E-state index contributed by atoms with van der Waals surface area (Å²) in [5.74, 6) is 0. The van der Waals surface area contributed by atoms with Gasteiger partial charge in [0.2, 0.25) is 0 Å². The highest BCUT2D eigenvalue weighted by molar-refractivity contribution is 5.31. The molecule has 1 aromatic carbocycles. The van der Waals surface area contributed by atoms with Crippen molar-refractivity contribution in [3.8, 4) is 5.69 Å². The van der Waals surface area contributed by atoms with E-state index in [1.165, 1.54) is 5.56 Å². The van der Waals surface area contributed by atoms with Crippen molar-refractivity contribution in [2.45, 2.75) is 19.4 Å². The molecule has 0 aliphatic rings. The van der Waals surface area contributed by atoms with Gasteiger partial charge in [-0.2, -0.15) is 5.10 Å². The molecule has 1 aromatic heterocycles. The molecule has 1 heterocycles. The number of para-hydroxylation sites is 1. The number of benzene rings is 1. The highest BCUT2D eigenvalue weighted by atomic mass is 15.3. The Morgan fingerprint density at radius 2 is 2.05 bits per heavy atom. The second kappa shape index (κ2) is 6.50. The summed E-state index contributed by atoms with van der Waals surface area (Å²) >= 11 is 0. The fourth-order valence-electron chi connectivity index (χ4n) is 2.31. The third kappa shape index (κ3) is 3.22. The highest BCUT2D eigenvalue weighted by Crippen LogP contribution is 2.19. The first kappa shape index (κ1) is 13.8. The summed E-state index contributed by atoms with van der Waals surface area (Å²) < 4.78 is 1.90. The van der Waals surface area contributed by atoms with Crippen LogP contribution in [-0.2, 0) is 0 Å². The Kier molecular flexibility index (Phi) is 4.71. The number of hydrogen-bond donors (Lipinski definition) is 1. The lowest BCUT2D eigenvalue weighted by Gasteiger charge is -2.25. The number of nitrogens with two attached hydrogens (primary N) is 1. The van der Waals surface area contributed by atoms with Crippen LogP contribution in [0.3, 0.4) is 0 Å². The van der Waals surface area contributed by atoms with E-state index in [-0.39, 0.29) is 6.04 Å². The second-order valence-electron chi connectivity index (χ2n) is 4.79. The van der Waals surface area contributed by atoms with Crippen molar-refractivity contribution >= 4 is 0 Å². The quantitative estimate of drug-likeness (QED) is 0.864. The first-order chi connectivity index (χ1) is 9.26. The smallest absolute Gasteiger partial charge is 0.0645 e. The molecule has 0 bridgehead atoms. The molecule has 0 amide bonds. The van der Waals surface area contributed by atoms with E-state index in [0.717, 1.165) is 18.7 Å². The van der Waals surface area contributed by atoms with Gasteiger partial charge in [-0.05, 0) is 32.1 Å². The van der Waals surface area contributed by atoms with E-state index >= 15 is 0 Å². The maximum absolute atomic E-state index is 5.91. The van der Waals surface area contributed by atoms with Gasteiger partial charge in [-0.1, -0.05) is 25.1 Å². The van der Waals surface area contributed by atoms with Crippen molar-refractivity contribution in [3.63, 3.8) is 0 Å². The molecule has 4 nitrogen and oxygen atoms in total. The fraction of sp³-hybridized carbons (Fsp3) is 0.400. The predicted octanol–water partition coefficient (Wildman–Crippen LogP) is 2.21. The molecule has 0 spiro atoms. The van der Waals surface area contributed by atoms with Crippen molar-refractivity contribution in [1.29, 1.82) is 0 Å². The van der Waals surface area contributed by atoms with Crippen LogP contribution in [0, 0.1) is 0 Å². The zero-order valence-electron chi connectivity index (χ0n) is 11.7. The number of nitrogens with zero attached hydrogens (tertiary/aromatic N) is 3. The third-order valence-corrected chi connectivity index (χ3v) is 3.34. The number of rotatable bonds is 6. The Morgan fingerprint density at radius 1 is 1.32 bits per heavy atom. The summed E-state index contributed by atoms with van der Waals surface area (Å²) in [6, 6.07) is 10.4. The standard InChI is InChI=1S/C15H22N4/c1-3-9-18(2)15(10-16)13-11-17-19(12-13)14-7-5-4-6-8-14/h4-8,11-12,15H,3,9-10,16H2,1-2H3. The largest absolute Gasteiger partial charge is 0.329 e. The SMILES string of the molecule is CCCN(C)C(CN)c1cnn(-c2ccccc2)c1. The van der Waals surface area contributed by atoms with Crippen LogP contribution in [0.1, 0.15) is 24.9 Å². The van der Waals surface area contributed by atoms with E-state index in [2.05, 4.69) is 30.2 Å². The minimum atomic E-state index is 0.234. The molecule has 0 fully saturated rings. The van der Waals surface area contributed by atoms with Gasteiger partial charge in [-0.3, -0.25) is 4.90 Å². The van der Waals surface area contributed by atoms with E-state index in [1.807, 2.05) is 41.2 Å². The van der Waals surface area contributed by atoms with E-state index in [1.54, 1.807) is 0 Å². The molecular weight excluding hydrogens is 236 g/mol. The van der Waals surface area contributed by atoms with Crippen LogP contribution in [-0.4, -0.2) is 34.8 Å². The predicted molar refractivity (Wildman–Crippen MR) is 78.3 cm³/mol. The normalized spacial score (nSPS) is 12.8. The minimum absolute atomic E-state index is 0.234. The van der Waals surface area contributed by atoms with Crippen LogP contribution in [0.5, 0.6) is 0 Å². The summed E-state index contributed by atoms with van der Waals surface area (Å²) in [5, 5.41) is 4.43. The first-order valence-corrected chi connectivity index (χ1v) is 6.76. The molecule has 0 aliphatic carbocycles. The molecular formula is C15H22N4. The summed E-state index contributed by atoms with van der Waals surface area (Å²) in [7, 11) is 2.11. The average Bonchev–Trinajstić information content (AvgIpc) is 2.90. The van der Waals surface area contributed by atoms with Gasteiger partial charge in [-0.25, -0.2) is 4.68 Å². The molecule has 2 aromatic rings. The van der Waals surface area contributed by atoms with Gasteiger partial charge in [0, 0.05) is 24.3 Å². The van der Waals surface area contributed by atoms with Gasteiger partial charge >= 0.3 is 0 Å². The Labute approximate surface area is 114 Å². The van der Waals surface area contributed by atoms with E-state index in [0.29, 0.717) is 6.54 Å². The second-order valence-corrected chi connectivity index (χ2v) is 4.79. The number of aromatic nitrogens is 2. The molecule has 0 saturated heterocycles. The van der Waals surface area contributed by atoms with Crippen LogP contribution in [0.2, 0.25) is 0 Å². The summed E-state index contributed by atoms with van der Waals surface area (Å²) in [6.07, 6.45) is 5.11. The first-order valence-electron chi connectivity index (χ1n) is 6.76. The van der Waals surface area contributed by atoms with E-state index in [9.17, 15) is 0 Å². The Morgan fingerprint density at radius 3 is 2.68 bits per heavy atom. The molecule has 0 saturated carbocycles. The average molecular weight is 258 g/mol. The zero-order valence-corrected chi connectivity index (χ0v) is 11.7. The zero-order chi connectivity index (χ0) is 13.7. The lowest BCUT2D eigenvalue weighted by Crippen LogP contribution is -2.30. The van der Waals surface area contributed by atoms with Crippen molar-refractivity contribution in [3.05, 3.63) is 48.3 Å². The minimum Gasteiger partial charge on any atom is -0.329 e. The van der Waals surface area contributed by atoms with Crippen molar-refractivity contribution in [2.24, 2.45) is 5.73 Å². The Balaban J connectivity index is 2.20. The Hall–Kier alpha value is -1.65. The van der Waals surface area contributed by atoms with Crippen LogP contribution < -0.4 is 5.73 Å². The van der Waals surface area contributed by atoms with E-state index < -0.39 is 0 Å². The van der Waals surface area contributed by atoms with E-state index in [4.69, 9.17) is 5.73 Å². The molecule has 0 aliphatic heterocycles. The fourth-order valence-corrected chi connectivity index (χ4v) is 2.31. The van der Waals surface area contributed by atoms with Crippen LogP contribution in [0.4, 0.5) is 0 Å². The van der Waals surface area contributed by atoms with Gasteiger partial charge in [0.15, 0.2) is 0 Å². The van der Waals surface area contributed by atoms with Gasteiger partial charge in [-0.15, -0.1) is 0 Å². The summed E-state index contributed by atoms with van der Waals surface area (Å²) in [5.41, 5.74) is 8.15. The summed E-state index contributed by atoms with van der Waals surface area (Å²) in [6.45, 7) is 3.83. The molecule has 102 valence electrons. The highest BCUT2D eigenvalue weighted by Gasteiger charge is 2.16. The van der Waals surface area contributed by atoms with Crippen molar-refractivity contribution in [1.82, 2.24) is 14.7 Å². The molecule has 1 atom stereocenters. The molecule has 19 heavy (non-hydrogen) atoms. The third-order valence-electron chi connectivity index (χ3n) is 3.34. The molecule has 0 radical (unpaired) electrons. The maximum Gasteiger partial charge on any atom is 0.0645 e. The van der Waals surface area contributed by atoms with Gasteiger partial charge in [0.25, 0.3) is 0 Å². The van der Waals surface area contributed by atoms with Gasteiger partial charge < -0.3 is 5.73 Å². The number of likely N-dealkylation sites (N-methyl/N-ethyl adjacent to an activating group) is 1. The monoisotopic (exact) mass is 258 g/mol. The molecule has 4 heteroatoms. The lowest BCUT2D eigenvalue weighted by atomic mass is 10.1. The summed E-state index contributed by atoms with van der Waals surface area (Å²) in [4.78, 5) is 2.28. The van der Waals surface area contributed by atoms with Crippen LogP contribution >= 0.6 is 0 Å². The van der Waals surface area contributed by atoms with Crippen molar-refractivity contribution in [2.75, 3.05) is 20.1 Å². The Bertz CT molecular complexity index is 492. The lowest BCUT2D eigenvalue weighted by molar-refractivity contribution is 0.251. The van der Waals surface area contributed by atoms with Crippen molar-refractivity contribution < 1.29 is 0 Å². The molecule has 2 N–H and O–H groups in total. The molecule has 2 rings (SSSR count). The maximum atomic E-state index is 5.91. The van der Waals surface area contributed by atoms with Crippen LogP contribution in [0.15, 0.2) is 42.7 Å². The number of hydrogen-bond acceptors (Lipinski definition) is 3. The molecule has 1 unspecified atom stereocenters. The topological polar surface area (TPSA) is 47.1 Å². The van der Waals surface area contributed by atoms with Gasteiger partial charge in [0.1, 0.15) is 0 Å².